The minimum atomic E-state index is -3.13. The molecule has 0 aromatic heterocycles. The van der Waals surface area contributed by atoms with Crippen LogP contribution in [0.15, 0.2) is 24.3 Å². The SMILES string of the molecule is CCS(=O)(=O)N1CCC2(CC1)C[C@H](CC(=O)N1CCOCC1)c1ccccc12. The summed E-state index contributed by atoms with van der Waals surface area (Å²) in [6.45, 7) is 5.48. The van der Waals surface area contributed by atoms with E-state index in [0.29, 0.717) is 45.8 Å². The molecule has 0 unspecified atom stereocenters. The van der Waals surface area contributed by atoms with Crippen molar-refractivity contribution in [3.8, 4) is 0 Å². The van der Waals surface area contributed by atoms with Gasteiger partial charge in [0, 0.05) is 32.6 Å². The van der Waals surface area contributed by atoms with Gasteiger partial charge in [0.15, 0.2) is 0 Å². The van der Waals surface area contributed by atoms with Crippen LogP contribution in [0.5, 0.6) is 0 Å². The molecule has 6 nitrogen and oxygen atoms in total. The van der Waals surface area contributed by atoms with E-state index in [9.17, 15) is 13.2 Å². The Kier molecular flexibility index (Phi) is 5.51. The third-order valence-corrected chi connectivity index (χ3v) is 8.71. The van der Waals surface area contributed by atoms with Crippen LogP contribution in [-0.4, -0.2) is 68.7 Å². The number of rotatable bonds is 4. The summed E-state index contributed by atoms with van der Waals surface area (Å²) in [6.07, 6.45) is 3.16. The van der Waals surface area contributed by atoms with Crippen molar-refractivity contribution < 1.29 is 17.9 Å². The summed E-state index contributed by atoms with van der Waals surface area (Å²) in [4.78, 5) is 14.8. The van der Waals surface area contributed by atoms with Gasteiger partial charge in [0.05, 0.1) is 19.0 Å². The fourth-order valence-electron chi connectivity index (χ4n) is 5.21. The summed E-state index contributed by atoms with van der Waals surface area (Å²) in [7, 11) is -3.13. The van der Waals surface area contributed by atoms with Crippen molar-refractivity contribution in [2.45, 2.75) is 43.9 Å². The molecule has 2 fully saturated rings. The van der Waals surface area contributed by atoms with Gasteiger partial charge in [0.25, 0.3) is 0 Å². The number of ether oxygens (including phenoxy) is 1. The normalized spacial score (nSPS) is 25.0. The van der Waals surface area contributed by atoms with Crippen molar-refractivity contribution in [3.63, 3.8) is 0 Å². The standard InChI is InChI=1S/C21H30N2O4S/c1-2-28(25,26)23-9-7-21(8-10-23)16-17(18-5-3-4-6-19(18)21)15-20(24)22-11-13-27-14-12-22/h3-6,17H,2,7-16H2,1H3/t17-/m0/s1. The van der Waals surface area contributed by atoms with Crippen molar-refractivity contribution >= 4 is 15.9 Å². The topological polar surface area (TPSA) is 66.9 Å². The molecule has 1 aliphatic carbocycles. The molecular weight excluding hydrogens is 376 g/mol. The lowest BCUT2D eigenvalue weighted by Gasteiger charge is -2.39. The van der Waals surface area contributed by atoms with Gasteiger partial charge in [-0.1, -0.05) is 24.3 Å². The molecule has 4 rings (SSSR count). The Morgan fingerprint density at radius 2 is 1.82 bits per heavy atom. The zero-order valence-electron chi connectivity index (χ0n) is 16.6. The number of hydrogen-bond donors (Lipinski definition) is 0. The Morgan fingerprint density at radius 3 is 2.50 bits per heavy atom. The van der Waals surface area contributed by atoms with Gasteiger partial charge in [-0.15, -0.1) is 0 Å². The molecule has 154 valence electrons. The summed E-state index contributed by atoms with van der Waals surface area (Å²) in [5.74, 6) is 0.597. The molecule has 0 radical (unpaired) electrons. The van der Waals surface area contributed by atoms with E-state index < -0.39 is 10.0 Å². The molecule has 2 saturated heterocycles. The second-order valence-corrected chi connectivity index (χ2v) is 10.5. The van der Waals surface area contributed by atoms with Gasteiger partial charge in [0.2, 0.25) is 15.9 Å². The molecular formula is C21H30N2O4S. The molecule has 1 aromatic rings. The first-order valence-corrected chi connectivity index (χ1v) is 12.0. The number of nitrogens with zero attached hydrogens (tertiary/aromatic N) is 2. The van der Waals surface area contributed by atoms with Crippen molar-refractivity contribution in [2.75, 3.05) is 45.1 Å². The highest BCUT2D eigenvalue weighted by Crippen LogP contribution is 2.53. The molecule has 2 aliphatic heterocycles. The van der Waals surface area contributed by atoms with Gasteiger partial charge in [-0.3, -0.25) is 4.79 Å². The monoisotopic (exact) mass is 406 g/mol. The van der Waals surface area contributed by atoms with Crippen LogP contribution in [0.2, 0.25) is 0 Å². The molecule has 1 amide bonds. The number of hydrogen-bond acceptors (Lipinski definition) is 4. The van der Waals surface area contributed by atoms with Gasteiger partial charge in [-0.25, -0.2) is 12.7 Å². The van der Waals surface area contributed by atoms with Gasteiger partial charge < -0.3 is 9.64 Å². The molecule has 1 atom stereocenters. The molecule has 28 heavy (non-hydrogen) atoms. The lowest BCUT2D eigenvalue weighted by molar-refractivity contribution is -0.135. The van der Waals surface area contributed by atoms with E-state index in [4.69, 9.17) is 4.74 Å². The minimum Gasteiger partial charge on any atom is -0.378 e. The number of morpholine rings is 1. The highest BCUT2D eigenvalue weighted by Gasteiger charge is 2.47. The second kappa shape index (κ2) is 7.76. The largest absolute Gasteiger partial charge is 0.378 e. The fourth-order valence-corrected chi connectivity index (χ4v) is 6.31. The zero-order valence-corrected chi connectivity index (χ0v) is 17.4. The Hall–Kier alpha value is -1.44. The first kappa shape index (κ1) is 19.9. The number of piperidine rings is 1. The number of carbonyl (C=O) groups is 1. The maximum atomic E-state index is 12.8. The van der Waals surface area contributed by atoms with Crippen LogP contribution in [0.3, 0.4) is 0 Å². The average molecular weight is 407 g/mol. The number of benzene rings is 1. The Morgan fingerprint density at radius 1 is 1.14 bits per heavy atom. The third-order valence-electron chi connectivity index (χ3n) is 6.83. The quantitative estimate of drug-likeness (QED) is 0.768. The summed E-state index contributed by atoms with van der Waals surface area (Å²) >= 11 is 0. The number of sulfonamides is 1. The maximum Gasteiger partial charge on any atom is 0.223 e. The van der Waals surface area contributed by atoms with Gasteiger partial charge in [0.1, 0.15) is 0 Å². The molecule has 1 spiro atoms. The second-order valence-electron chi connectivity index (χ2n) is 8.27. The summed E-state index contributed by atoms with van der Waals surface area (Å²) in [6, 6.07) is 8.48. The Balaban J connectivity index is 1.51. The van der Waals surface area contributed by atoms with E-state index in [1.165, 1.54) is 11.1 Å². The lowest BCUT2D eigenvalue weighted by atomic mass is 9.73. The average Bonchev–Trinajstić information content (AvgIpc) is 3.02. The molecule has 0 bridgehead atoms. The van der Waals surface area contributed by atoms with Crippen LogP contribution in [-0.2, 0) is 25.0 Å². The van der Waals surface area contributed by atoms with Crippen LogP contribution in [0.4, 0.5) is 0 Å². The van der Waals surface area contributed by atoms with Crippen LogP contribution < -0.4 is 0 Å². The molecule has 0 N–H and O–H groups in total. The van der Waals surface area contributed by atoms with E-state index >= 15 is 0 Å². The zero-order chi connectivity index (χ0) is 19.8. The van der Waals surface area contributed by atoms with E-state index in [1.807, 2.05) is 4.90 Å². The first-order valence-electron chi connectivity index (χ1n) is 10.4. The van der Waals surface area contributed by atoms with Crippen molar-refractivity contribution in [1.29, 1.82) is 0 Å². The molecule has 7 heteroatoms. The predicted molar refractivity (Wildman–Crippen MR) is 108 cm³/mol. The van der Waals surface area contributed by atoms with E-state index in [-0.39, 0.29) is 23.0 Å². The minimum absolute atomic E-state index is 0.00626. The summed E-state index contributed by atoms with van der Waals surface area (Å²) < 4.78 is 31.5. The highest BCUT2D eigenvalue weighted by molar-refractivity contribution is 7.89. The molecule has 0 saturated carbocycles. The molecule has 2 heterocycles. The van der Waals surface area contributed by atoms with Gasteiger partial charge in [-0.05, 0) is 48.6 Å². The summed E-state index contributed by atoms with van der Waals surface area (Å²) in [5.41, 5.74) is 2.63. The van der Waals surface area contributed by atoms with Crippen molar-refractivity contribution in [1.82, 2.24) is 9.21 Å². The van der Waals surface area contributed by atoms with Crippen LogP contribution in [0, 0.1) is 0 Å². The third kappa shape index (κ3) is 3.60. The van der Waals surface area contributed by atoms with Crippen molar-refractivity contribution in [2.24, 2.45) is 0 Å². The number of fused-ring (bicyclic) bond motifs is 2. The smallest absolute Gasteiger partial charge is 0.223 e. The Labute approximate surface area is 167 Å². The van der Waals surface area contributed by atoms with Gasteiger partial charge >= 0.3 is 0 Å². The predicted octanol–water partition coefficient (Wildman–Crippen LogP) is 2.11. The van der Waals surface area contributed by atoms with E-state index in [2.05, 4.69) is 24.3 Å². The van der Waals surface area contributed by atoms with Gasteiger partial charge in [-0.2, -0.15) is 0 Å². The van der Waals surface area contributed by atoms with E-state index in [1.54, 1.807) is 11.2 Å². The van der Waals surface area contributed by atoms with Crippen LogP contribution in [0.1, 0.15) is 49.7 Å². The van der Waals surface area contributed by atoms with Crippen LogP contribution >= 0.6 is 0 Å². The number of amides is 1. The fraction of sp³-hybridized carbons (Fsp3) is 0.667. The molecule has 3 aliphatic rings. The maximum absolute atomic E-state index is 12.8. The Bertz CT molecular complexity index is 825. The molecule has 1 aromatic carbocycles. The summed E-state index contributed by atoms with van der Waals surface area (Å²) in [5, 5.41) is 0. The van der Waals surface area contributed by atoms with Crippen LogP contribution in [0.25, 0.3) is 0 Å². The lowest BCUT2D eigenvalue weighted by Crippen LogP contribution is -2.45. The van der Waals surface area contributed by atoms with E-state index in [0.717, 1.165) is 19.3 Å². The highest BCUT2D eigenvalue weighted by atomic mass is 32.2. The number of carbonyl (C=O) groups excluding carboxylic acids is 1. The van der Waals surface area contributed by atoms with Crippen molar-refractivity contribution in [3.05, 3.63) is 35.4 Å². The first-order chi connectivity index (χ1) is 13.5.